The SMILES string of the molecule is Fc1cc2cc(c1)SC2. The number of hydrogen-bond donors (Lipinski definition) is 0. The molecule has 1 heterocycles. The van der Waals surface area contributed by atoms with E-state index in [1.165, 1.54) is 0 Å². The third kappa shape index (κ3) is 0.833. The van der Waals surface area contributed by atoms with Crippen LogP contribution in [0, 0.1) is 5.82 Å². The monoisotopic (exact) mass is 140 g/mol. The van der Waals surface area contributed by atoms with Crippen LogP contribution < -0.4 is 0 Å². The summed E-state index contributed by atoms with van der Waals surface area (Å²) in [5.41, 5.74) is 1.11. The molecule has 1 aliphatic rings. The van der Waals surface area contributed by atoms with Crippen molar-refractivity contribution in [3.8, 4) is 0 Å². The molecule has 46 valence electrons. The van der Waals surface area contributed by atoms with Crippen molar-refractivity contribution in [2.24, 2.45) is 0 Å². The molecule has 0 saturated carbocycles. The van der Waals surface area contributed by atoms with Gasteiger partial charge in [-0.25, -0.2) is 4.39 Å². The van der Waals surface area contributed by atoms with E-state index >= 15 is 0 Å². The summed E-state index contributed by atoms with van der Waals surface area (Å²) >= 11 is 1.69. The average Bonchev–Trinajstić information content (AvgIpc) is 2.11. The highest BCUT2D eigenvalue weighted by molar-refractivity contribution is 7.98. The van der Waals surface area contributed by atoms with Gasteiger partial charge >= 0.3 is 0 Å². The maximum atomic E-state index is 12.5. The quantitative estimate of drug-likeness (QED) is 0.533. The Bertz CT molecular complexity index is 222. The van der Waals surface area contributed by atoms with E-state index in [1.807, 2.05) is 6.07 Å². The van der Waals surface area contributed by atoms with E-state index < -0.39 is 0 Å². The van der Waals surface area contributed by atoms with Gasteiger partial charge in [-0.3, -0.25) is 0 Å². The maximum absolute atomic E-state index is 12.5. The first kappa shape index (κ1) is 5.30. The molecule has 0 fully saturated rings. The fourth-order valence-electron chi connectivity index (χ4n) is 0.954. The van der Waals surface area contributed by atoms with Crippen LogP contribution in [0.4, 0.5) is 4.39 Å². The molecule has 1 aromatic carbocycles. The molecule has 2 rings (SSSR count). The summed E-state index contributed by atoms with van der Waals surface area (Å²) in [6.07, 6.45) is 0. The van der Waals surface area contributed by atoms with Crippen molar-refractivity contribution in [2.75, 3.05) is 0 Å². The van der Waals surface area contributed by atoms with E-state index in [0.29, 0.717) is 0 Å². The van der Waals surface area contributed by atoms with Gasteiger partial charge in [-0.05, 0) is 23.8 Å². The predicted molar refractivity (Wildman–Crippen MR) is 36.0 cm³/mol. The molecule has 0 amide bonds. The standard InChI is InChI=1S/C7H5FS/c8-6-1-5-2-7(3-6)9-4-5/h1-3H,4H2. The molecule has 1 aliphatic heterocycles. The van der Waals surface area contributed by atoms with E-state index in [-0.39, 0.29) is 5.82 Å². The van der Waals surface area contributed by atoms with Crippen molar-refractivity contribution in [3.05, 3.63) is 29.6 Å². The third-order valence-electron chi connectivity index (χ3n) is 1.34. The summed E-state index contributed by atoms with van der Waals surface area (Å²) in [6.45, 7) is 0. The largest absolute Gasteiger partial charge is 0.207 e. The summed E-state index contributed by atoms with van der Waals surface area (Å²) < 4.78 is 12.5. The number of thioether (sulfide) groups is 1. The smallest absolute Gasteiger partial charge is 0.124 e. The van der Waals surface area contributed by atoms with Gasteiger partial charge in [0.25, 0.3) is 0 Å². The average molecular weight is 140 g/mol. The maximum Gasteiger partial charge on any atom is 0.124 e. The minimum atomic E-state index is -0.104. The van der Waals surface area contributed by atoms with Crippen LogP contribution in [-0.2, 0) is 5.75 Å². The second-order valence-electron chi connectivity index (χ2n) is 2.08. The molecule has 0 aliphatic carbocycles. The van der Waals surface area contributed by atoms with Crippen LogP contribution in [0.3, 0.4) is 0 Å². The Hall–Kier alpha value is -0.500. The van der Waals surface area contributed by atoms with Gasteiger partial charge in [-0.1, -0.05) is 0 Å². The summed E-state index contributed by atoms with van der Waals surface area (Å²) in [4.78, 5) is 1.06. The lowest BCUT2D eigenvalue weighted by Gasteiger charge is -1.86. The number of benzene rings is 1. The van der Waals surface area contributed by atoms with Crippen molar-refractivity contribution in [1.29, 1.82) is 0 Å². The second-order valence-corrected chi connectivity index (χ2v) is 3.13. The first-order chi connectivity index (χ1) is 4.34. The minimum Gasteiger partial charge on any atom is -0.207 e. The van der Waals surface area contributed by atoms with Gasteiger partial charge in [0.15, 0.2) is 0 Å². The van der Waals surface area contributed by atoms with Crippen LogP contribution >= 0.6 is 11.8 Å². The van der Waals surface area contributed by atoms with Gasteiger partial charge in [0, 0.05) is 10.6 Å². The molecule has 2 bridgehead atoms. The van der Waals surface area contributed by atoms with E-state index in [4.69, 9.17) is 0 Å². The minimum absolute atomic E-state index is 0.104. The van der Waals surface area contributed by atoms with Crippen LogP contribution in [0.2, 0.25) is 0 Å². The molecule has 0 radical (unpaired) electrons. The Labute approximate surface area is 57.1 Å². The van der Waals surface area contributed by atoms with Crippen LogP contribution in [-0.4, -0.2) is 0 Å². The molecule has 0 saturated heterocycles. The van der Waals surface area contributed by atoms with Gasteiger partial charge < -0.3 is 0 Å². The van der Waals surface area contributed by atoms with Gasteiger partial charge in [0.1, 0.15) is 5.82 Å². The van der Waals surface area contributed by atoms with Crippen molar-refractivity contribution in [2.45, 2.75) is 10.6 Å². The van der Waals surface area contributed by atoms with Gasteiger partial charge in [-0.15, -0.1) is 11.8 Å². The molecule has 0 nitrogen and oxygen atoms in total. The lowest BCUT2D eigenvalue weighted by Crippen LogP contribution is -1.73. The molecule has 0 atom stereocenters. The van der Waals surface area contributed by atoms with Crippen molar-refractivity contribution in [1.82, 2.24) is 0 Å². The highest BCUT2D eigenvalue weighted by atomic mass is 32.2. The van der Waals surface area contributed by atoms with E-state index in [1.54, 1.807) is 23.9 Å². The Balaban J connectivity index is 2.64. The molecule has 0 spiro atoms. The van der Waals surface area contributed by atoms with Gasteiger partial charge in [0.05, 0.1) is 0 Å². The Morgan fingerprint density at radius 2 is 2.22 bits per heavy atom. The number of halogens is 1. The Kier molecular flexibility index (Phi) is 1.02. The molecule has 1 aromatic rings. The zero-order chi connectivity index (χ0) is 6.27. The lowest BCUT2D eigenvalue weighted by molar-refractivity contribution is 0.623. The zero-order valence-electron chi connectivity index (χ0n) is 4.73. The molecule has 0 unspecified atom stereocenters. The van der Waals surface area contributed by atoms with Crippen molar-refractivity contribution >= 4 is 11.8 Å². The Morgan fingerprint density at radius 3 is 3.00 bits per heavy atom. The fraction of sp³-hybridized carbons (Fsp3) is 0.143. The topological polar surface area (TPSA) is 0 Å². The summed E-state index contributed by atoms with van der Waals surface area (Å²) in [5.74, 6) is 0.840. The number of hydrogen-bond acceptors (Lipinski definition) is 1. The summed E-state index contributed by atoms with van der Waals surface area (Å²) in [7, 11) is 0. The highest BCUT2D eigenvalue weighted by Crippen LogP contribution is 2.31. The molecule has 0 N–H and O–H groups in total. The van der Waals surface area contributed by atoms with Crippen LogP contribution in [0.5, 0.6) is 0 Å². The second kappa shape index (κ2) is 1.74. The summed E-state index contributed by atoms with van der Waals surface area (Å²) in [6, 6.07) is 5.18. The van der Waals surface area contributed by atoms with Crippen LogP contribution in [0.15, 0.2) is 23.1 Å². The van der Waals surface area contributed by atoms with Crippen LogP contribution in [0.1, 0.15) is 5.56 Å². The van der Waals surface area contributed by atoms with E-state index in [9.17, 15) is 4.39 Å². The molecular weight excluding hydrogens is 135 g/mol. The fourth-order valence-corrected chi connectivity index (χ4v) is 1.88. The van der Waals surface area contributed by atoms with Crippen molar-refractivity contribution in [3.63, 3.8) is 0 Å². The first-order valence-electron chi connectivity index (χ1n) is 2.77. The van der Waals surface area contributed by atoms with E-state index in [0.717, 1.165) is 16.2 Å². The lowest BCUT2D eigenvalue weighted by atomic mass is 10.2. The van der Waals surface area contributed by atoms with Crippen molar-refractivity contribution < 1.29 is 4.39 Å². The zero-order valence-corrected chi connectivity index (χ0v) is 5.54. The molecule has 2 heteroatoms. The summed E-state index contributed by atoms with van der Waals surface area (Å²) in [5, 5.41) is 0. The molecular formula is C7H5FS. The van der Waals surface area contributed by atoms with E-state index in [2.05, 4.69) is 0 Å². The predicted octanol–water partition coefficient (Wildman–Crippen LogP) is 2.43. The molecule has 9 heavy (non-hydrogen) atoms. The van der Waals surface area contributed by atoms with Gasteiger partial charge in [-0.2, -0.15) is 0 Å². The van der Waals surface area contributed by atoms with Crippen LogP contribution in [0.25, 0.3) is 0 Å². The van der Waals surface area contributed by atoms with Gasteiger partial charge in [0.2, 0.25) is 0 Å². The number of rotatable bonds is 0. The normalized spacial score (nSPS) is 14.3. The first-order valence-corrected chi connectivity index (χ1v) is 3.75. The number of fused-ring (bicyclic) bond motifs is 2. The molecule has 0 aromatic heterocycles. The Morgan fingerprint density at radius 1 is 1.33 bits per heavy atom. The third-order valence-corrected chi connectivity index (χ3v) is 2.38. The highest BCUT2D eigenvalue weighted by Gasteiger charge is 2.07.